The van der Waals surface area contributed by atoms with E-state index in [1.165, 1.54) is 11.2 Å². The Balaban J connectivity index is 2.86. The van der Waals surface area contributed by atoms with Gasteiger partial charge in [-0.15, -0.1) is 0 Å². The van der Waals surface area contributed by atoms with Crippen LogP contribution >= 0.6 is 31.9 Å². The first-order valence-electron chi connectivity index (χ1n) is 2.50. The van der Waals surface area contributed by atoms with Gasteiger partial charge in [0.15, 0.2) is 0 Å². The molecular formula is C4H6Br2N4. The zero-order chi connectivity index (χ0) is 7.72. The van der Waals surface area contributed by atoms with Crippen molar-refractivity contribution in [3.63, 3.8) is 0 Å². The van der Waals surface area contributed by atoms with Crippen LogP contribution in [0.3, 0.4) is 0 Å². The van der Waals surface area contributed by atoms with Crippen LogP contribution in [0.2, 0.25) is 0 Å². The van der Waals surface area contributed by atoms with Crippen LogP contribution in [0.25, 0.3) is 0 Å². The Morgan fingerprint density at radius 1 is 1.70 bits per heavy atom. The largest absolute Gasteiger partial charge is 0.383 e. The molecule has 0 saturated heterocycles. The molecule has 6 heteroatoms. The predicted octanol–water partition coefficient (Wildman–Crippen LogP) is 0.448. The van der Waals surface area contributed by atoms with Gasteiger partial charge < -0.3 is 5.73 Å². The Bertz CT molecular complexity index is 177. The van der Waals surface area contributed by atoms with E-state index in [0.717, 1.165) is 0 Å². The molecule has 1 heterocycles. The molecule has 0 aromatic rings. The zero-order valence-corrected chi connectivity index (χ0v) is 8.13. The highest BCUT2D eigenvalue weighted by atomic mass is 79.9. The molecule has 10 heavy (non-hydrogen) atoms. The highest BCUT2D eigenvalue weighted by Gasteiger charge is 2.19. The van der Waals surface area contributed by atoms with Gasteiger partial charge in [-0.05, 0) is 15.9 Å². The molecule has 0 amide bonds. The third kappa shape index (κ3) is 1.33. The Morgan fingerprint density at radius 2 is 2.30 bits per heavy atom. The maximum atomic E-state index is 5.49. The van der Waals surface area contributed by atoms with E-state index in [4.69, 9.17) is 11.6 Å². The third-order valence-corrected chi connectivity index (χ3v) is 3.19. The van der Waals surface area contributed by atoms with Crippen LogP contribution in [0.4, 0.5) is 0 Å². The smallest absolute Gasteiger partial charge is 0.150 e. The number of hydrogen-bond acceptors (Lipinski definition) is 4. The number of hydrogen-bond donors (Lipinski definition) is 2. The Labute approximate surface area is 75.2 Å². The molecule has 1 unspecified atom stereocenters. The highest BCUT2D eigenvalue weighted by molar-refractivity contribution is 9.20. The van der Waals surface area contributed by atoms with Crippen molar-refractivity contribution in [3.8, 4) is 0 Å². The molecule has 1 atom stereocenters. The monoisotopic (exact) mass is 268 g/mol. The first-order valence-corrected chi connectivity index (χ1v) is 4.20. The SMILES string of the molecule is NC1=CN=C(Br)C(Br)N1N. The van der Waals surface area contributed by atoms with Crippen molar-refractivity contribution < 1.29 is 0 Å². The summed E-state index contributed by atoms with van der Waals surface area (Å²) in [5.74, 6) is 5.93. The van der Waals surface area contributed by atoms with Crippen LogP contribution in [0.1, 0.15) is 0 Å². The van der Waals surface area contributed by atoms with Gasteiger partial charge >= 0.3 is 0 Å². The average Bonchev–Trinajstić information content (AvgIpc) is 1.93. The molecule has 1 aliphatic rings. The number of nitrogens with zero attached hydrogens (tertiary/aromatic N) is 2. The quantitative estimate of drug-likeness (QED) is 0.381. The maximum Gasteiger partial charge on any atom is 0.150 e. The number of rotatable bonds is 0. The van der Waals surface area contributed by atoms with E-state index in [1.54, 1.807) is 0 Å². The minimum absolute atomic E-state index is 0.155. The molecule has 4 N–H and O–H groups in total. The van der Waals surface area contributed by atoms with Gasteiger partial charge in [-0.3, -0.25) is 5.01 Å². The topological polar surface area (TPSA) is 67.6 Å². The van der Waals surface area contributed by atoms with Crippen molar-refractivity contribution >= 4 is 36.5 Å². The molecule has 4 nitrogen and oxygen atoms in total. The number of aliphatic imine (C=N–C) groups is 1. The number of halogens is 2. The van der Waals surface area contributed by atoms with Gasteiger partial charge in [0.05, 0.1) is 6.20 Å². The van der Waals surface area contributed by atoms with E-state index in [2.05, 4.69) is 36.9 Å². The summed E-state index contributed by atoms with van der Waals surface area (Å²) < 4.78 is 0.712. The molecule has 1 rings (SSSR count). The fraction of sp³-hybridized carbons (Fsp3) is 0.250. The average molecular weight is 270 g/mol. The van der Waals surface area contributed by atoms with E-state index >= 15 is 0 Å². The van der Waals surface area contributed by atoms with Crippen molar-refractivity contribution in [3.05, 3.63) is 12.0 Å². The number of alkyl halides is 1. The second kappa shape index (κ2) is 2.89. The van der Waals surface area contributed by atoms with E-state index < -0.39 is 0 Å². The molecule has 0 fully saturated rings. The number of hydrazine groups is 1. The van der Waals surface area contributed by atoms with E-state index in [9.17, 15) is 0 Å². The normalized spacial score (nSPS) is 25.9. The van der Waals surface area contributed by atoms with E-state index in [1.807, 2.05) is 0 Å². The van der Waals surface area contributed by atoms with Crippen molar-refractivity contribution in [2.75, 3.05) is 0 Å². The molecule has 0 bridgehead atoms. The molecule has 0 aliphatic carbocycles. The van der Waals surface area contributed by atoms with Crippen molar-refractivity contribution in [2.45, 2.75) is 4.95 Å². The lowest BCUT2D eigenvalue weighted by atomic mass is 10.5. The van der Waals surface area contributed by atoms with E-state index in [0.29, 0.717) is 10.4 Å². The second-order valence-electron chi connectivity index (χ2n) is 1.75. The number of nitrogens with two attached hydrogens (primary N) is 2. The Kier molecular flexibility index (Phi) is 2.32. The Morgan fingerprint density at radius 3 is 2.80 bits per heavy atom. The molecule has 0 spiro atoms. The van der Waals surface area contributed by atoms with Crippen LogP contribution in [-0.2, 0) is 0 Å². The molecule has 0 aromatic carbocycles. The van der Waals surface area contributed by atoms with Gasteiger partial charge in [-0.1, -0.05) is 15.9 Å². The lowest BCUT2D eigenvalue weighted by molar-refractivity contribution is 0.383. The summed E-state index contributed by atoms with van der Waals surface area (Å²) in [6.07, 6.45) is 1.49. The first-order chi connectivity index (χ1) is 4.63. The summed E-state index contributed by atoms with van der Waals surface area (Å²) in [5.41, 5.74) is 5.44. The van der Waals surface area contributed by atoms with Gasteiger partial charge in [0, 0.05) is 0 Å². The summed E-state index contributed by atoms with van der Waals surface area (Å²) in [6.45, 7) is 0. The summed E-state index contributed by atoms with van der Waals surface area (Å²) >= 11 is 6.46. The third-order valence-electron chi connectivity index (χ3n) is 1.06. The van der Waals surface area contributed by atoms with Crippen LogP contribution in [0.5, 0.6) is 0 Å². The highest BCUT2D eigenvalue weighted by Crippen LogP contribution is 2.17. The lowest BCUT2D eigenvalue weighted by Crippen LogP contribution is -2.44. The zero-order valence-electron chi connectivity index (χ0n) is 4.96. The summed E-state index contributed by atoms with van der Waals surface area (Å²) in [4.78, 5) is 3.76. The molecule has 0 aromatic heterocycles. The predicted molar refractivity (Wildman–Crippen MR) is 47.4 cm³/mol. The lowest BCUT2D eigenvalue weighted by Gasteiger charge is -2.25. The van der Waals surface area contributed by atoms with Gasteiger partial charge in [-0.2, -0.15) is 0 Å². The Hall–Kier alpha value is -0.0700. The summed E-state index contributed by atoms with van der Waals surface area (Å²) in [7, 11) is 0. The van der Waals surface area contributed by atoms with Crippen LogP contribution in [0.15, 0.2) is 17.0 Å². The van der Waals surface area contributed by atoms with Gasteiger partial charge in [0.25, 0.3) is 0 Å². The molecule has 1 aliphatic heterocycles. The van der Waals surface area contributed by atoms with Crippen molar-refractivity contribution in [1.82, 2.24) is 5.01 Å². The van der Waals surface area contributed by atoms with Crippen LogP contribution in [0, 0.1) is 0 Å². The van der Waals surface area contributed by atoms with Gasteiger partial charge in [0.2, 0.25) is 0 Å². The van der Waals surface area contributed by atoms with E-state index in [-0.39, 0.29) is 4.95 Å². The van der Waals surface area contributed by atoms with Gasteiger partial charge in [0.1, 0.15) is 15.4 Å². The standard InChI is InChI=1S/C4H6Br2N4/c5-3-4(6)10(8)2(7)1-9-3/h1,4H,7-8H2. The fourth-order valence-corrected chi connectivity index (χ4v) is 1.18. The molecular weight excluding hydrogens is 264 g/mol. The molecule has 0 radical (unpaired) electrons. The van der Waals surface area contributed by atoms with Crippen molar-refractivity contribution in [1.29, 1.82) is 0 Å². The molecule has 0 saturated carbocycles. The van der Waals surface area contributed by atoms with Crippen LogP contribution < -0.4 is 11.6 Å². The van der Waals surface area contributed by atoms with Crippen molar-refractivity contribution in [2.24, 2.45) is 16.6 Å². The minimum atomic E-state index is -0.155. The first kappa shape index (κ1) is 8.03. The fourth-order valence-electron chi connectivity index (χ4n) is 0.502. The molecule has 56 valence electrons. The summed E-state index contributed by atoms with van der Waals surface area (Å²) in [5, 5.41) is 1.37. The second-order valence-corrected chi connectivity index (χ2v) is 3.43. The summed E-state index contributed by atoms with van der Waals surface area (Å²) in [6, 6.07) is 0. The van der Waals surface area contributed by atoms with Crippen LogP contribution in [-0.4, -0.2) is 14.6 Å². The maximum absolute atomic E-state index is 5.49. The minimum Gasteiger partial charge on any atom is -0.383 e. The van der Waals surface area contributed by atoms with Gasteiger partial charge in [-0.25, -0.2) is 10.8 Å².